The maximum absolute atomic E-state index is 12.7. The summed E-state index contributed by atoms with van der Waals surface area (Å²) < 4.78 is 26.9. The van der Waals surface area contributed by atoms with Crippen LogP contribution in [0.2, 0.25) is 0 Å². The molecule has 1 saturated heterocycles. The maximum atomic E-state index is 12.7. The molecule has 0 radical (unpaired) electrons. The van der Waals surface area contributed by atoms with Gasteiger partial charge < -0.3 is 5.32 Å². The molecule has 1 aliphatic rings. The van der Waals surface area contributed by atoms with Crippen molar-refractivity contribution in [3.63, 3.8) is 0 Å². The smallest absolute Gasteiger partial charge is 0.243 e. The van der Waals surface area contributed by atoms with Gasteiger partial charge in [-0.25, -0.2) is 8.42 Å². The Hall–Kier alpha value is -2.70. The quantitative estimate of drug-likeness (QED) is 0.730. The molecule has 0 spiro atoms. The number of carbonyl (C=O) groups excluding carboxylic acids is 1. The fourth-order valence-electron chi connectivity index (χ4n) is 3.61. The highest BCUT2D eigenvalue weighted by Crippen LogP contribution is 2.25. The highest BCUT2D eigenvalue weighted by atomic mass is 32.2. The van der Waals surface area contributed by atoms with E-state index < -0.39 is 10.0 Å². The summed E-state index contributed by atoms with van der Waals surface area (Å²) in [5.41, 5.74) is 0.767. The van der Waals surface area contributed by atoms with Crippen molar-refractivity contribution in [1.29, 1.82) is 0 Å². The summed E-state index contributed by atoms with van der Waals surface area (Å²) in [6.07, 6.45) is 1.04. The van der Waals surface area contributed by atoms with Crippen molar-refractivity contribution >= 4 is 32.4 Å². The summed E-state index contributed by atoms with van der Waals surface area (Å²) in [7, 11) is -3.49. The molecule has 1 N–H and O–H groups in total. The third kappa shape index (κ3) is 3.79. The minimum atomic E-state index is -3.49. The van der Waals surface area contributed by atoms with Crippen molar-refractivity contribution < 1.29 is 13.2 Å². The van der Waals surface area contributed by atoms with Crippen LogP contribution in [0.1, 0.15) is 12.8 Å². The van der Waals surface area contributed by atoms with Crippen molar-refractivity contribution in [1.82, 2.24) is 4.31 Å². The molecule has 3 aromatic carbocycles. The van der Waals surface area contributed by atoms with Crippen LogP contribution in [0, 0.1) is 5.92 Å². The van der Waals surface area contributed by atoms with Gasteiger partial charge in [0.15, 0.2) is 0 Å². The molecular formula is C22H22N2O3S. The number of hydrogen-bond acceptors (Lipinski definition) is 3. The van der Waals surface area contributed by atoms with E-state index in [2.05, 4.69) is 5.32 Å². The molecule has 0 unspecified atom stereocenters. The molecule has 28 heavy (non-hydrogen) atoms. The molecular weight excluding hydrogens is 372 g/mol. The summed E-state index contributed by atoms with van der Waals surface area (Å²) in [4.78, 5) is 13.0. The van der Waals surface area contributed by atoms with Gasteiger partial charge in [0.1, 0.15) is 0 Å². The summed E-state index contributed by atoms with van der Waals surface area (Å²) in [6.45, 7) is 0.708. The van der Waals surface area contributed by atoms with E-state index >= 15 is 0 Å². The molecule has 0 bridgehead atoms. The first kappa shape index (κ1) is 18.7. The third-order valence-electron chi connectivity index (χ3n) is 5.22. The molecule has 0 atom stereocenters. The van der Waals surface area contributed by atoms with Crippen molar-refractivity contribution in [2.45, 2.75) is 17.7 Å². The van der Waals surface area contributed by atoms with Gasteiger partial charge in [-0.3, -0.25) is 4.79 Å². The minimum Gasteiger partial charge on any atom is -0.326 e. The molecule has 5 nitrogen and oxygen atoms in total. The van der Waals surface area contributed by atoms with Gasteiger partial charge in [0.2, 0.25) is 15.9 Å². The van der Waals surface area contributed by atoms with Crippen LogP contribution in [-0.2, 0) is 14.8 Å². The number of amides is 1. The zero-order valence-corrected chi connectivity index (χ0v) is 16.2. The average molecular weight is 394 g/mol. The number of nitrogens with zero attached hydrogens (tertiary/aromatic N) is 1. The highest BCUT2D eigenvalue weighted by Gasteiger charge is 2.32. The van der Waals surface area contributed by atoms with Crippen LogP contribution < -0.4 is 5.32 Å². The number of hydrogen-bond donors (Lipinski definition) is 1. The predicted octanol–water partition coefficient (Wildman–Crippen LogP) is 3.88. The van der Waals surface area contributed by atoms with Crippen LogP contribution in [0.15, 0.2) is 77.7 Å². The predicted molar refractivity (Wildman–Crippen MR) is 111 cm³/mol. The summed E-state index contributed by atoms with van der Waals surface area (Å²) >= 11 is 0. The summed E-state index contributed by atoms with van der Waals surface area (Å²) in [5.74, 6) is -0.235. The van der Waals surface area contributed by atoms with E-state index in [9.17, 15) is 13.2 Å². The lowest BCUT2D eigenvalue weighted by atomic mass is 9.97. The van der Waals surface area contributed by atoms with Gasteiger partial charge in [0.05, 0.1) is 4.90 Å². The SMILES string of the molecule is O=C(Nc1ccc2ccccc2c1)C1CCN(S(=O)(=O)c2ccccc2)CC1. The second kappa shape index (κ2) is 7.73. The normalized spacial score (nSPS) is 16.1. The van der Waals surface area contributed by atoms with Crippen molar-refractivity contribution in [3.05, 3.63) is 72.8 Å². The molecule has 4 rings (SSSR count). The van der Waals surface area contributed by atoms with Crippen LogP contribution >= 0.6 is 0 Å². The van der Waals surface area contributed by atoms with Crippen LogP contribution in [0.25, 0.3) is 10.8 Å². The Morgan fingerprint density at radius 3 is 2.21 bits per heavy atom. The number of anilines is 1. The van der Waals surface area contributed by atoms with Gasteiger partial charge in [-0.05, 0) is 47.9 Å². The number of nitrogens with one attached hydrogen (secondary N) is 1. The van der Waals surface area contributed by atoms with E-state index in [0.717, 1.165) is 16.5 Å². The Balaban J connectivity index is 1.39. The first-order valence-electron chi connectivity index (χ1n) is 9.39. The first-order chi connectivity index (χ1) is 13.5. The lowest BCUT2D eigenvalue weighted by Gasteiger charge is -2.30. The molecule has 1 heterocycles. The molecule has 6 heteroatoms. The highest BCUT2D eigenvalue weighted by molar-refractivity contribution is 7.89. The Morgan fingerprint density at radius 2 is 1.50 bits per heavy atom. The number of benzene rings is 3. The fraction of sp³-hybridized carbons (Fsp3) is 0.227. The number of sulfonamides is 1. The zero-order chi connectivity index (χ0) is 19.6. The molecule has 0 saturated carbocycles. The molecule has 0 aromatic heterocycles. The lowest BCUT2D eigenvalue weighted by Crippen LogP contribution is -2.41. The third-order valence-corrected chi connectivity index (χ3v) is 7.14. The van der Waals surface area contributed by atoms with E-state index in [4.69, 9.17) is 0 Å². The van der Waals surface area contributed by atoms with E-state index in [0.29, 0.717) is 30.8 Å². The Kier molecular flexibility index (Phi) is 5.15. The number of rotatable bonds is 4. The van der Waals surface area contributed by atoms with Gasteiger partial charge in [-0.15, -0.1) is 0 Å². The van der Waals surface area contributed by atoms with E-state index in [1.54, 1.807) is 30.3 Å². The molecule has 3 aromatic rings. The Bertz CT molecular complexity index is 1090. The van der Waals surface area contributed by atoms with Crippen molar-refractivity contribution in [2.75, 3.05) is 18.4 Å². The second-order valence-corrected chi connectivity index (χ2v) is 8.98. The first-order valence-corrected chi connectivity index (χ1v) is 10.8. The van der Waals surface area contributed by atoms with Crippen molar-refractivity contribution in [2.24, 2.45) is 5.92 Å². The molecule has 1 aliphatic heterocycles. The van der Waals surface area contributed by atoms with Crippen LogP contribution in [0.5, 0.6) is 0 Å². The van der Waals surface area contributed by atoms with E-state index in [1.165, 1.54) is 4.31 Å². The second-order valence-electron chi connectivity index (χ2n) is 7.04. The summed E-state index contributed by atoms with van der Waals surface area (Å²) in [6, 6.07) is 22.3. The standard InChI is InChI=1S/C22H22N2O3S/c25-22(23-20-11-10-17-6-4-5-7-19(17)16-20)18-12-14-24(15-13-18)28(26,27)21-8-2-1-3-9-21/h1-11,16,18H,12-15H2,(H,23,25). The van der Waals surface area contributed by atoms with Crippen LogP contribution in [-0.4, -0.2) is 31.7 Å². The van der Waals surface area contributed by atoms with Crippen LogP contribution in [0.3, 0.4) is 0 Å². The van der Waals surface area contributed by atoms with Gasteiger partial charge in [-0.1, -0.05) is 48.5 Å². The monoisotopic (exact) mass is 394 g/mol. The van der Waals surface area contributed by atoms with Gasteiger partial charge in [-0.2, -0.15) is 4.31 Å². The largest absolute Gasteiger partial charge is 0.326 e. The Morgan fingerprint density at radius 1 is 0.857 bits per heavy atom. The molecule has 1 fully saturated rings. The summed E-state index contributed by atoms with van der Waals surface area (Å²) in [5, 5.41) is 5.18. The lowest BCUT2D eigenvalue weighted by molar-refractivity contribution is -0.120. The Labute approximate surface area is 165 Å². The number of piperidine rings is 1. The van der Waals surface area contributed by atoms with E-state index in [1.807, 2.05) is 42.5 Å². The van der Waals surface area contributed by atoms with E-state index in [-0.39, 0.29) is 11.8 Å². The zero-order valence-electron chi connectivity index (χ0n) is 15.4. The molecule has 1 amide bonds. The molecule has 144 valence electrons. The topological polar surface area (TPSA) is 66.5 Å². The number of fused-ring (bicyclic) bond motifs is 1. The fourth-order valence-corrected chi connectivity index (χ4v) is 5.10. The molecule has 0 aliphatic carbocycles. The average Bonchev–Trinajstić information content (AvgIpc) is 2.74. The maximum Gasteiger partial charge on any atom is 0.243 e. The van der Waals surface area contributed by atoms with Crippen molar-refractivity contribution in [3.8, 4) is 0 Å². The number of carbonyl (C=O) groups is 1. The van der Waals surface area contributed by atoms with Gasteiger partial charge in [0, 0.05) is 24.7 Å². The van der Waals surface area contributed by atoms with Crippen LogP contribution in [0.4, 0.5) is 5.69 Å². The van der Waals surface area contributed by atoms with Gasteiger partial charge in [0.25, 0.3) is 0 Å². The van der Waals surface area contributed by atoms with Gasteiger partial charge >= 0.3 is 0 Å². The minimum absolute atomic E-state index is 0.0490.